The molecule has 5 heterocycles. The van der Waals surface area contributed by atoms with Gasteiger partial charge in [0.25, 0.3) is 5.91 Å². The van der Waals surface area contributed by atoms with Crippen LogP contribution in [0.25, 0.3) is 21.6 Å². The standard InChI is InChI=1S/C24H24N6OS/c1-16(17-6-9-25-10-7-17)14-27-23(31)19-13-20(18-5-4-8-26-15-18)28-22-21(19)32-24(29-22)30-11-2-3-12-30/h4-10,13,15-16H,2-3,11-12,14H2,1H3,(H,27,31). The van der Waals surface area contributed by atoms with Crippen LogP contribution in [0.2, 0.25) is 0 Å². The molecule has 1 aliphatic rings. The quantitative estimate of drug-likeness (QED) is 0.478. The van der Waals surface area contributed by atoms with E-state index in [0.717, 1.165) is 34.0 Å². The first kappa shape index (κ1) is 20.5. The zero-order chi connectivity index (χ0) is 21.9. The summed E-state index contributed by atoms with van der Waals surface area (Å²) in [6.45, 7) is 4.63. The van der Waals surface area contributed by atoms with Gasteiger partial charge in [-0.2, -0.15) is 4.98 Å². The molecule has 0 bridgehead atoms. The molecule has 32 heavy (non-hydrogen) atoms. The number of anilines is 1. The zero-order valence-corrected chi connectivity index (χ0v) is 18.7. The number of fused-ring (bicyclic) bond motifs is 1. The number of nitrogens with one attached hydrogen (secondary N) is 1. The molecule has 1 unspecified atom stereocenters. The zero-order valence-electron chi connectivity index (χ0n) is 17.9. The average molecular weight is 445 g/mol. The van der Waals surface area contributed by atoms with Crippen molar-refractivity contribution >= 4 is 32.7 Å². The Hall–Kier alpha value is -3.39. The van der Waals surface area contributed by atoms with Gasteiger partial charge in [-0.15, -0.1) is 0 Å². The number of hydrogen-bond donors (Lipinski definition) is 1. The molecule has 8 heteroatoms. The van der Waals surface area contributed by atoms with E-state index < -0.39 is 0 Å². The first-order valence-electron chi connectivity index (χ1n) is 10.8. The molecule has 1 N–H and O–H groups in total. The number of carbonyl (C=O) groups excluding carboxylic acids is 1. The molecular weight excluding hydrogens is 420 g/mol. The second-order valence-corrected chi connectivity index (χ2v) is 9.01. The van der Waals surface area contributed by atoms with Gasteiger partial charge in [0.2, 0.25) is 0 Å². The number of thiazole rings is 1. The summed E-state index contributed by atoms with van der Waals surface area (Å²) in [7, 11) is 0. The lowest BCUT2D eigenvalue weighted by molar-refractivity contribution is 0.0953. The molecule has 1 amide bonds. The van der Waals surface area contributed by atoms with Crippen LogP contribution in [0.3, 0.4) is 0 Å². The van der Waals surface area contributed by atoms with Crippen molar-refractivity contribution in [1.82, 2.24) is 25.3 Å². The lowest BCUT2D eigenvalue weighted by Crippen LogP contribution is -2.27. The first-order chi connectivity index (χ1) is 15.7. The molecular formula is C24H24N6OS. The summed E-state index contributed by atoms with van der Waals surface area (Å²) < 4.78 is 0.827. The van der Waals surface area contributed by atoms with Gasteiger partial charge in [0.05, 0.1) is 16.0 Å². The fourth-order valence-electron chi connectivity index (χ4n) is 3.93. The molecule has 1 fully saturated rings. The molecule has 1 saturated heterocycles. The number of hydrogen-bond acceptors (Lipinski definition) is 7. The lowest BCUT2D eigenvalue weighted by atomic mass is 10.0. The third kappa shape index (κ3) is 4.18. The van der Waals surface area contributed by atoms with Crippen molar-refractivity contribution in [2.45, 2.75) is 25.7 Å². The molecule has 0 radical (unpaired) electrons. The Bertz CT molecular complexity index is 1220. The van der Waals surface area contributed by atoms with Crippen LogP contribution in [0, 0.1) is 0 Å². The predicted molar refractivity (Wildman–Crippen MR) is 127 cm³/mol. The summed E-state index contributed by atoms with van der Waals surface area (Å²) in [6, 6.07) is 9.63. The fraction of sp³-hybridized carbons (Fsp3) is 0.292. The highest BCUT2D eigenvalue weighted by Crippen LogP contribution is 2.34. The van der Waals surface area contributed by atoms with Gasteiger partial charge in [-0.05, 0) is 54.7 Å². The summed E-state index contributed by atoms with van der Waals surface area (Å²) in [5.74, 6) is 0.0683. The number of carbonyl (C=O) groups is 1. The van der Waals surface area contributed by atoms with Gasteiger partial charge in [0.15, 0.2) is 10.8 Å². The van der Waals surface area contributed by atoms with Crippen LogP contribution in [-0.2, 0) is 0 Å². The summed E-state index contributed by atoms with van der Waals surface area (Å²) in [6.07, 6.45) is 9.38. The number of rotatable bonds is 6. The van der Waals surface area contributed by atoms with Gasteiger partial charge in [-0.1, -0.05) is 18.3 Å². The highest BCUT2D eigenvalue weighted by molar-refractivity contribution is 7.22. The molecule has 5 rings (SSSR count). The van der Waals surface area contributed by atoms with E-state index in [1.165, 1.54) is 12.8 Å². The first-order valence-corrected chi connectivity index (χ1v) is 11.7. The Labute approximate surface area is 190 Å². The Morgan fingerprint density at radius 3 is 2.69 bits per heavy atom. The summed E-state index contributed by atoms with van der Waals surface area (Å²) in [5.41, 5.74) is 3.94. The molecule has 0 aliphatic carbocycles. The van der Waals surface area contributed by atoms with E-state index in [1.807, 2.05) is 30.3 Å². The van der Waals surface area contributed by atoms with Crippen molar-refractivity contribution in [2.24, 2.45) is 0 Å². The molecule has 162 valence electrons. The number of pyridine rings is 3. The number of amides is 1. The van der Waals surface area contributed by atoms with Crippen molar-refractivity contribution in [3.8, 4) is 11.3 Å². The Morgan fingerprint density at radius 1 is 1.12 bits per heavy atom. The minimum atomic E-state index is -0.111. The van der Waals surface area contributed by atoms with Gasteiger partial charge in [-0.25, -0.2) is 4.98 Å². The molecule has 0 saturated carbocycles. The SMILES string of the molecule is CC(CNC(=O)c1cc(-c2cccnc2)nc2nc(N3CCCC3)sc12)c1ccncc1. The van der Waals surface area contributed by atoms with Gasteiger partial charge in [0.1, 0.15) is 0 Å². The van der Waals surface area contributed by atoms with Crippen molar-refractivity contribution in [2.75, 3.05) is 24.5 Å². The molecule has 4 aromatic heterocycles. The fourth-order valence-corrected chi connectivity index (χ4v) is 5.00. The molecule has 1 aliphatic heterocycles. The lowest BCUT2D eigenvalue weighted by Gasteiger charge is -2.13. The predicted octanol–water partition coefficient (Wildman–Crippen LogP) is 4.28. The van der Waals surface area contributed by atoms with Crippen LogP contribution < -0.4 is 10.2 Å². The van der Waals surface area contributed by atoms with Gasteiger partial charge in [0, 0.05) is 50.0 Å². The molecule has 4 aromatic rings. The van der Waals surface area contributed by atoms with Crippen molar-refractivity contribution in [3.63, 3.8) is 0 Å². The highest BCUT2D eigenvalue weighted by Gasteiger charge is 2.22. The van der Waals surface area contributed by atoms with E-state index in [9.17, 15) is 4.79 Å². The third-order valence-electron chi connectivity index (χ3n) is 5.77. The monoisotopic (exact) mass is 444 g/mol. The summed E-state index contributed by atoms with van der Waals surface area (Å²) in [4.78, 5) is 33.4. The van der Waals surface area contributed by atoms with Crippen LogP contribution in [0.15, 0.2) is 55.1 Å². The van der Waals surface area contributed by atoms with Gasteiger partial charge >= 0.3 is 0 Å². The topological polar surface area (TPSA) is 83.9 Å². The Morgan fingerprint density at radius 2 is 1.94 bits per heavy atom. The van der Waals surface area contributed by atoms with E-state index >= 15 is 0 Å². The van der Waals surface area contributed by atoms with Crippen LogP contribution in [0.5, 0.6) is 0 Å². The largest absolute Gasteiger partial charge is 0.351 e. The van der Waals surface area contributed by atoms with E-state index in [1.54, 1.807) is 36.1 Å². The van der Waals surface area contributed by atoms with Gasteiger partial charge in [-0.3, -0.25) is 14.8 Å². The van der Waals surface area contributed by atoms with E-state index in [0.29, 0.717) is 23.4 Å². The van der Waals surface area contributed by atoms with Crippen molar-refractivity contribution in [3.05, 3.63) is 66.2 Å². The second kappa shape index (κ2) is 9.00. The molecule has 7 nitrogen and oxygen atoms in total. The third-order valence-corrected chi connectivity index (χ3v) is 6.91. The maximum Gasteiger partial charge on any atom is 0.252 e. The maximum absolute atomic E-state index is 13.3. The number of aromatic nitrogens is 4. The maximum atomic E-state index is 13.3. The van der Waals surface area contributed by atoms with E-state index in [-0.39, 0.29) is 11.8 Å². The molecule has 0 spiro atoms. The summed E-state index contributed by atoms with van der Waals surface area (Å²) >= 11 is 1.55. The minimum Gasteiger partial charge on any atom is -0.351 e. The number of nitrogens with zero attached hydrogens (tertiary/aromatic N) is 5. The van der Waals surface area contributed by atoms with Crippen LogP contribution in [0.4, 0.5) is 5.13 Å². The molecule has 1 atom stereocenters. The van der Waals surface area contributed by atoms with Crippen LogP contribution >= 0.6 is 11.3 Å². The minimum absolute atomic E-state index is 0.111. The Kier molecular flexibility index (Phi) is 5.77. The van der Waals surface area contributed by atoms with Crippen LogP contribution in [-0.4, -0.2) is 45.5 Å². The second-order valence-electron chi connectivity index (χ2n) is 8.03. The normalized spacial score (nSPS) is 14.6. The van der Waals surface area contributed by atoms with Crippen molar-refractivity contribution < 1.29 is 4.79 Å². The summed E-state index contributed by atoms with van der Waals surface area (Å²) in [5, 5.41) is 4.05. The van der Waals surface area contributed by atoms with E-state index in [2.05, 4.69) is 27.1 Å². The Balaban J connectivity index is 1.48. The van der Waals surface area contributed by atoms with Crippen LogP contribution in [0.1, 0.15) is 41.6 Å². The molecule has 0 aromatic carbocycles. The average Bonchev–Trinajstić information content (AvgIpc) is 3.52. The van der Waals surface area contributed by atoms with Crippen molar-refractivity contribution in [1.29, 1.82) is 0 Å². The highest BCUT2D eigenvalue weighted by atomic mass is 32.1. The smallest absolute Gasteiger partial charge is 0.252 e. The van der Waals surface area contributed by atoms with E-state index in [4.69, 9.17) is 9.97 Å². The van der Waals surface area contributed by atoms with Gasteiger partial charge < -0.3 is 10.2 Å².